The highest BCUT2D eigenvalue weighted by atomic mass is 15.2. The van der Waals surface area contributed by atoms with Gasteiger partial charge in [-0.3, -0.25) is 4.68 Å². The Bertz CT molecular complexity index is 318. The molecule has 1 aromatic heterocycles. The first-order valence-corrected chi connectivity index (χ1v) is 5.89. The van der Waals surface area contributed by atoms with Gasteiger partial charge in [0.05, 0.1) is 6.20 Å². The third-order valence-corrected chi connectivity index (χ3v) is 3.71. The molecule has 0 aliphatic heterocycles. The van der Waals surface area contributed by atoms with Crippen molar-refractivity contribution in [1.82, 2.24) is 9.78 Å². The fourth-order valence-corrected chi connectivity index (χ4v) is 2.77. The summed E-state index contributed by atoms with van der Waals surface area (Å²) < 4.78 is 1.89. The van der Waals surface area contributed by atoms with E-state index < -0.39 is 0 Å². The van der Waals surface area contributed by atoms with Crippen LogP contribution >= 0.6 is 0 Å². The van der Waals surface area contributed by atoms with Crippen molar-refractivity contribution >= 4 is 0 Å². The van der Waals surface area contributed by atoms with E-state index >= 15 is 0 Å². The van der Waals surface area contributed by atoms with E-state index in [9.17, 15) is 0 Å². The van der Waals surface area contributed by atoms with Crippen LogP contribution in [0.4, 0.5) is 0 Å². The van der Waals surface area contributed by atoms with Gasteiger partial charge < -0.3 is 5.73 Å². The molecule has 0 radical (unpaired) electrons. The molecule has 3 atom stereocenters. The van der Waals surface area contributed by atoms with E-state index in [1.165, 1.54) is 24.8 Å². The first-order chi connectivity index (χ1) is 7.20. The van der Waals surface area contributed by atoms with Gasteiger partial charge in [0.2, 0.25) is 0 Å². The first-order valence-electron chi connectivity index (χ1n) is 5.89. The van der Waals surface area contributed by atoms with Crippen LogP contribution in [0.3, 0.4) is 0 Å². The fourth-order valence-electron chi connectivity index (χ4n) is 2.77. The Hall–Kier alpha value is -0.830. The number of hydrogen-bond acceptors (Lipinski definition) is 2. The summed E-state index contributed by atoms with van der Waals surface area (Å²) in [5, 5.41) is 4.26. The van der Waals surface area contributed by atoms with Crippen molar-refractivity contribution in [3.8, 4) is 0 Å². The van der Waals surface area contributed by atoms with Crippen molar-refractivity contribution in [1.29, 1.82) is 0 Å². The highest BCUT2D eigenvalue weighted by Crippen LogP contribution is 2.39. The third-order valence-electron chi connectivity index (χ3n) is 3.71. The maximum Gasteiger partial charge on any atom is 0.0524 e. The lowest BCUT2D eigenvalue weighted by Gasteiger charge is -2.33. The molecule has 0 amide bonds. The number of rotatable bonds is 2. The monoisotopic (exact) mass is 207 g/mol. The second kappa shape index (κ2) is 4.35. The summed E-state index contributed by atoms with van der Waals surface area (Å²) in [6.45, 7) is 3.16. The molecule has 1 heterocycles. The highest BCUT2D eigenvalue weighted by Gasteiger charge is 2.29. The van der Waals surface area contributed by atoms with Crippen LogP contribution in [-0.2, 0) is 7.05 Å². The van der Waals surface area contributed by atoms with Crippen molar-refractivity contribution in [3.05, 3.63) is 18.0 Å². The Morgan fingerprint density at radius 1 is 1.53 bits per heavy atom. The van der Waals surface area contributed by atoms with Gasteiger partial charge in [-0.2, -0.15) is 5.10 Å². The molecule has 1 fully saturated rings. The molecule has 15 heavy (non-hydrogen) atoms. The Morgan fingerprint density at radius 3 is 2.93 bits per heavy atom. The smallest absolute Gasteiger partial charge is 0.0524 e. The number of nitrogens with two attached hydrogens (primary N) is 1. The van der Waals surface area contributed by atoms with E-state index in [0.29, 0.717) is 11.8 Å². The molecule has 0 saturated heterocycles. The summed E-state index contributed by atoms with van der Waals surface area (Å²) >= 11 is 0. The second-order valence-corrected chi connectivity index (χ2v) is 4.97. The predicted molar refractivity (Wildman–Crippen MR) is 61.5 cm³/mol. The molecule has 0 spiro atoms. The van der Waals surface area contributed by atoms with Crippen LogP contribution in [0.25, 0.3) is 0 Å². The van der Waals surface area contributed by atoms with Crippen molar-refractivity contribution in [3.63, 3.8) is 0 Å². The number of hydrogen-bond donors (Lipinski definition) is 1. The van der Waals surface area contributed by atoms with Gasteiger partial charge in [0.25, 0.3) is 0 Å². The minimum Gasteiger partial charge on any atom is -0.330 e. The van der Waals surface area contributed by atoms with E-state index in [4.69, 9.17) is 5.73 Å². The van der Waals surface area contributed by atoms with E-state index in [1.54, 1.807) is 0 Å². The van der Waals surface area contributed by atoms with Crippen molar-refractivity contribution in [2.75, 3.05) is 6.54 Å². The molecule has 0 bridgehead atoms. The minimum atomic E-state index is 0.632. The maximum atomic E-state index is 5.86. The summed E-state index contributed by atoms with van der Waals surface area (Å²) in [5.41, 5.74) is 7.23. The van der Waals surface area contributed by atoms with Crippen LogP contribution in [0.2, 0.25) is 0 Å². The molecule has 1 aromatic rings. The molecule has 0 aromatic carbocycles. The lowest BCUT2D eigenvalue weighted by atomic mass is 9.72. The van der Waals surface area contributed by atoms with E-state index in [0.717, 1.165) is 12.5 Å². The molecule has 84 valence electrons. The van der Waals surface area contributed by atoms with Crippen LogP contribution in [-0.4, -0.2) is 16.3 Å². The van der Waals surface area contributed by atoms with Gasteiger partial charge >= 0.3 is 0 Å². The Kier molecular flexibility index (Phi) is 3.10. The van der Waals surface area contributed by atoms with Crippen molar-refractivity contribution in [2.45, 2.75) is 32.1 Å². The average molecular weight is 207 g/mol. The zero-order chi connectivity index (χ0) is 10.8. The molecule has 2 N–H and O–H groups in total. The lowest BCUT2D eigenvalue weighted by Crippen LogP contribution is -2.28. The van der Waals surface area contributed by atoms with Crippen molar-refractivity contribution < 1.29 is 0 Å². The van der Waals surface area contributed by atoms with Gasteiger partial charge in [-0.15, -0.1) is 0 Å². The molecule has 2 rings (SSSR count). The van der Waals surface area contributed by atoms with Crippen LogP contribution in [0.5, 0.6) is 0 Å². The predicted octanol–water partition coefficient (Wildman–Crippen LogP) is 1.90. The third kappa shape index (κ3) is 2.23. The number of aryl methyl sites for hydroxylation is 1. The van der Waals surface area contributed by atoms with Gasteiger partial charge in [0.1, 0.15) is 0 Å². The molecule has 3 unspecified atom stereocenters. The zero-order valence-electron chi connectivity index (χ0n) is 9.69. The van der Waals surface area contributed by atoms with E-state index in [2.05, 4.69) is 18.2 Å². The van der Waals surface area contributed by atoms with E-state index in [1.807, 2.05) is 17.9 Å². The Labute approximate surface area is 91.7 Å². The van der Waals surface area contributed by atoms with Gasteiger partial charge in [-0.05, 0) is 42.7 Å². The minimum absolute atomic E-state index is 0.632. The molecular weight excluding hydrogens is 186 g/mol. The van der Waals surface area contributed by atoms with Crippen LogP contribution in [0.15, 0.2) is 12.4 Å². The Balaban J connectivity index is 2.16. The highest BCUT2D eigenvalue weighted by molar-refractivity contribution is 5.14. The van der Waals surface area contributed by atoms with Crippen LogP contribution in [0, 0.1) is 11.8 Å². The average Bonchev–Trinajstić information content (AvgIpc) is 2.65. The lowest BCUT2D eigenvalue weighted by molar-refractivity contribution is 0.253. The van der Waals surface area contributed by atoms with Gasteiger partial charge in [0.15, 0.2) is 0 Å². The van der Waals surface area contributed by atoms with Crippen LogP contribution in [0.1, 0.15) is 37.7 Å². The standard InChI is InChI=1S/C12H21N3/c1-9-3-4-10(6-13)12(5-9)11-7-14-15(2)8-11/h7-10,12H,3-6,13H2,1-2H3. The van der Waals surface area contributed by atoms with Crippen LogP contribution < -0.4 is 5.73 Å². The molecule has 3 heteroatoms. The number of aromatic nitrogens is 2. The largest absolute Gasteiger partial charge is 0.330 e. The SMILES string of the molecule is CC1CCC(CN)C(c2cnn(C)c2)C1. The summed E-state index contributed by atoms with van der Waals surface area (Å²) in [4.78, 5) is 0. The Morgan fingerprint density at radius 2 is 2.33 bits per heavy atom. The van der Waals surface area contributed by atoms with Crippen molar-refractivity contribution in [2.24, 2.45) is 24.6 Å². The summed E-state index contributed by atoms with van der Waals surface area (Å²) in [6, 6.07) is 0. The fraction of sp³-hybridized carbons (Fsp3) is 0.750. The quantitative estimate of drug-likeness (QED) is 0.805. The summed E-state index contributed by atoms with van der Waals surface area (Å²) in [6.07, 6.45) is 8.03. The van der Waals surface area contributed by atoms with E-state index in [-0.39, 0.29) is 0 Å². The molecule has 1 saturated carbocycles. The van der Waals surface area contributed by atoms with Gasteiger partial charge in [-0.25, -0.2) is 0 Å². The zero-order valence-corrected chi connectivity index (χ0v) is 9.69. The molecular formula is C12H21N3. The van der Waals surface area contributed by atoms with Gasteiger partial charge in [0, 0.05) is 13.2 Å². The topological polar surface area (TPSA) is 43.8 Å². The summed E-state index contributed by atoms with van der Waals surface area (Å²) in [7, 11) is 1.98. The maximum absolute atomic E-state index is 5.86. The van der Waals surface area contributed by atoms with Gasteiger partial charge in [-0.1, -0.05) is 13.3 Å². The molecule has 1 aliphatic rings. The number of nitrogens with zero attached hydrogens (tertiary/aromatic N) is 2. The first kappa shape index (κ1) is 10.7. The second-order valence-electron chi connectivity index (χ2n) is 4.97. The summed E-state index contributed by atoms with van der Waals surface area (Å²) in [5.74, 6) is 2.12. The normalized spacial score (nSPS) is 31.8. The molecule has 3 nitrogen and oxygen atoms in total. The molecule has 1 aliphatic carbocycles.